The molecule has 5 heterocycles. The first-order chi connectivity index (χ1) is 30.4. The number of aromatic hydroxyl groups is 1. The van der Waals surface area contributed by atoms with E-state index in [-0.39, 0.29) is 38.9 Å². The Balaban J connectivity index is 1.32. The van der Waals surface area contributed by atoms with Crippen molar-refractivity contribution in [1.82, 2.24) is 39.9 Å². The third-order valence-electron chi connectivity index (χ3n) is 12.0. The summed E-state index contributed by atoms with van der Waals surface area (Å²) in [6.07, 6.45) is 1.07. The van der Waals surface area contributed by atoms with Gasteiger partial charge in [-0.3, -0.25) is 9.59 Å². The van der Waals surface area contributed by atoms with Crippen LogP contribution >= 0.6 is 0 Å². The lowest BCUT2D eigenvalue weighted by Crippen LogP contribution is -2.10. The van der Waals surface area contributed by atoms with Crippen LogP contribution in [0.15, 0.2) is 84.9 Å². The fraction of sp³-hybridized carbons (Fsp3) is 0.231. The zero-order chi connectivity index (χ0) is 45.0. The van der Waals surface area contributed by atoms with Gasteiger partial charge in [-0.25, -0.2) is 29.9 Å². The van der Waals surface area contributed by atoms with E-state index in [0.717, 1.165) is 55.1 Å². The average molecular weight is 847 g/mol. The summed E-state index contributed by atoms with van der Waals surface area (Å²) in [4.78, 5) is 62.2. The number of hydrogen-bond donors (Lipinski definition) is 3. The predicted molar refractivity (Wildman–Crippen MR) is 251 cm³/mol. The highest BCUT2D eigenvalue weighted by Gasteiger charge is 2.27. The van der Waals surface area contributed by atoms with Gasteiger partial charge < -0.3 is 19.8 Å². The normalized spacial score (nSPS) is 12.6. The van der Waals surface area contributed by atoms with Crippen molar-refractivity contribution in [2.45, 2.75) is 78.6 Å². The Morgan fingerprint density at radius 2 is 0.875 bits per heavy atom. The number of hydrogen-bond acceptors (Lipinski definition) is 10. The van der Waals surface area contributed by atoms with E-state index < -0.39 is 0 Å². The molecule has 3 aromatic heterocycles. The van der Waals surface area contributed by atoms with Gasteiger partial charge in [-0.15, -0.1) is 0 Å². The van der Waals surface area contributed by atoms with Crippen molar-refractivity contribution in [3.63, 3.8) is 0 Å². The molecule has 2 aliphatic rings. The molecule has 10 rings (SSSR count). The molecule has 3 N–H and O–H groups in total. The van der Waals surface area contributed by atoms with E-state index in [0.29, 0.717) is 69.6 Å². The lowest BCUT2D eigenvalue weighted by Gasteiger charge is -2.19. The monoisotopic (exact) mass is 846 g/mol. The molecule has 8 bridgehead atoms. The maximum Gasteiger partial charge on any atom is 0.164 e. The highest BCUT2D eigenvalue weighted by atomic mass is 16.5. The molecule has 0 aliphatic carbocycles. The van der Waals surface area contributed by atoms with Crippen LogP contribution in [0.25, 0.3) is 89.7 Å². The van der Waals surface area contributed by atoms with E-state index in [1.807, 2.05) is 12.1 Å². The van der Waals surface area contributed by atoms with Gasteiger partial charge >= 0.3 is 0 Å². The highest BCUT2D eigenvalue weighted by molar-refractivity contribution is 6.07. The summed E-state index contributed by atoms with van der Waals surface area (Å²) in [5, 5.41) is 13.4. The maximum absolute atomic E-state index is 12.1. The molecule has 64 heavy (non-hydrogen) atoms. The number of H-pyrrole nitrogens is 2. The van der Waals surface area contributed by atoms with Crippen LogP contribution in [0.5, 0.6) is 17.2 Å². The van der Waals surface area contributed by atoms with E-state index in [4.69, 9.17) is 34.6 Å². The van der Waals surface area contributed by atoms with Crippen LogP contribution in [-0.4, -0.2) is 57.6 Å². The minimum Gasteiger partial charge on any atom is -0.507 e. The van der Waals surface area contributed by atoms with Crippen LogP contribution in [0.1, 0.15) is 99.7 Å². The van der Waals surface area contributed by atoms with Crippen molar-refractivity contribution < 1.29 is 19.4 Å². The van der Waals surface area contributed by atoms with Gasteiger partial charge in [0.05, 0.1) is 11.1 Å². The number of rotatable bonds is 4. The van der Waals surface area contributed by atoms with Gasteiger partial charge in [0.2, 0.25) is 0 Å². The van der Waals surface area contributed by atoms with Gasteiger partial charge in [0.25, 0.3) is 0 Å². The topological polar surface area (TPSA) is 173 Å². The molecule has 0 unspecified atom stereocenters. The minimum atomic E-state index is -0.317. The van der Waals surface area contributed by atoms with Crippen molar-refractivity contribution in [1.29, 1.82) is 0 Å². The molecule has 0 spiro atoms. The maximum atomic E-state index is 12.1. The number of aldehydes is 2. The predicted octanol–water partition coefficient (Wildman–Crippen LogP) is 11.9. The number of ether oxygens (including phenoxy) is 1. The van der Waals surface area contributed by atoms with Crippen LogP contribution in [-0.2, 0) is 16.2 Å². The van der Waals surface area contributed by atoms with Crippen molar-refractivity contribution in [2.75, 3.05) is 0 Å². The van der Waals surface area contributed by atoms with Gasteiger partial charge in [0.1, 0.15) is 39.8 Å². The molecule has 12 nitrogen and oxygen atoms in total. The lowest BCUT2D eigenvalue weighted by atomic mass is 9.85. The zero-order valence-corrected chi connectivity index (χ0v) is 37.1. The van der Waals surface area contributed by atoms with Crippen LogP contribution in [0, 0.1) is 0 Å². The summed E-state index contributed by atoms with van der Waals surface area (Å²) in [5.74, 6) is 2.08. The molecule has 8 aromatic rings. The summed E-state index contributed by atoms with van der Waals surface area (Å²) < 4.78 is 6.25. The van der Waals surface area contributed by atoms with Gasteiger partial charge in [-0.1, -0.05) is 98.7 Å². The first-order valence-electron chi connectivity index (χ1n) is 21.2. The zero-order valence-electron chi connectivity index (χ0n) is 37.1. The van der Waals surface area contributed by atoms with Crippen LogP contribution in [0.4, 0.5) is 0 Å². The Morgan fingerprint density at radius 3 is 1.36 bits per heavy atom. The third kappa shape index (κ3) is 6.86. The van der Waals surface area contributed by atoms with Crippen molar-refractivity contribution >= 4 is 56.7 Å². The van der Waals surface area contributed by atoms with Crippen LogP contribution in [0.2, 0.25) is 0 Å². The summed E-state index contributed by atoms with van der Waals surface area (Å²) in [6.45, 7) is 19.6. The Labute approximate surface area is 368 Å². The standard InChI is InChI=1S/C52H46N8O4/c1-50(2,3)28-10-14-32-36(20-28)46-53-42(32)55-47-38-22-30(52(7,8)9)12-16-34(38)44(57-47)59-49-39-23-31(64-41-19-26(24-61)40(63)18-27(41)25-62)13-17-35(39)45(60-49)58-48-37-21-29(51(4,5)6)11-15-33(37)43(54-46)56-48/h10-25,63H,1-9H3,(H2,53,54,55,56,57,58,59,60). The molecule has 0 radical (unpaired) electrons. The second-order valence-corrected chi connectivity index (χ2v) is 19.6. The molecule has 0 saturated heterocycles. The second-order valence-electron chi connectivity index (χ2n) is 19.6. The Hall–Kier alpha value is -7.60. The minimum absolute atomic E-state index is 0.0117. The number of phenols is 1. The Bertz CT molecular complexity index is 3470. The number of aromatic amines is 2. The molecular formula is C52H46N8O4. The number of fused-ring (bicyclic) bond motifs is 20. The number of nitrogens with zero attached hydrogens (tertiary/aromatic N) is 6. The number of aromatic nitrogens is 8. The Kier molecular flexibility index (Phi) is 8.99. The number of nitrogens with one attached hydrogen (secondary N) is 2. The molecule has 5 aromatic carbocycles. The molecule has 12 heteroatoms. The number of benzene rings is 5. The molecular weight excluding hydrogens is 801 g/mol. The average Bonchev–Trinajstić information content (AvgIpc) is 3.97. The van der Waals surface area contributed by atoms with Gasteiger partial charge in [-0.05, 0) is 81.5 Å². The quantitative estimate of drug-likeness (QED) is 0.145. The smallest absolute Gasteiger partial charge is 0.164 e. The van der Waals surface area contributed by atoms with E-state index in [2.05, 4.69) is 121 Å². The molecule has 0 amide bonds. The summed E-state index contributed by atoms with van der Waals surface area (Å²) >= 11 is 0. The van der Waals surface area contributed by atoms with Crippen LogP contribution in [0.3, 0.4) is 0 Å². The second kappa shape index (κ2) is 14.2. The molecule has 318 valence electrons. The lowest BCUT2D eigenvalue weighted by molar-refractivity contribution is 0.110. The first kappa shape index (κ1) is 40.5. The molecule has 0 saturated carbocycles. The van der Waals surface area contributed by atoms with Crippen molar-refractivity contribution in [3.05, 3.63) is 113 Å². The SMILES string of the molecule is CC(C)(C)c1ccc2c(c1)-c1nc-2nc2[nH]c(nc3nc(nc4[nH]c(n1)c1ccc(Oc5cc(C=O)c(O)cc5C=O)cc41)-c1ccc(C(C)(C)C)cc1-3)c1ccc(C(C)(C)C)cc21. The Morgan fingerprint density at radius 1 is 0.453 bits per heavy atom. The van der Waals surface area contributed by atoms with E-state index in [9.17, 15) is 14.7 Å². The fourth-order valence-corrected chi connectivity index (χ4v) is 8.24. The van der Waals surface area contributed by atoms with Crippen molar-refractivity contribution in [3.8, 4) is 62.8 Å². The van der Waals surface area contributed by atoms with Crippen LogP contribution < -0.4 is 4.74 Å². The summed E-state index contributed by atoms with van der Waals surface area (Å²) in [6, 6.07) is 27.0. The third-order valence-corrected chi connectivity index (χ3v) is 12.0. The van der Waals surface area contributed by atoms with Gasteiger partial charge in [0, 0.05) is 43.8 Å². The number of carbonyl (C=O) groups excluding carboxylic acids is 2. The van der Waals surface area contributed by atoms with Crippen molar-refractivity contribution in [2.24, 2.45) is 0 Å². The number of carbonyl (C=O) groups is 2. The largest absolute Gasteiger partial charge is 0.507 e. The van der Waals surface area contributed by atoms with E-state index >= 15 is 0 Å². The van der Waals surface area contributed by atoms with E-state index in [1.54, 1.807) is 12.1 Å². The molecule has 0 atom stereocenters. The highest BCUT2D eigenvalue weighted by Crippen LogP contribution is 2.41. The van der Waals surface area contributed by atoms with E-state index in [1.165, 1.54) is 12.1 Å². The molecule has 0 fully saturated rings. The summed E-state index contributed by atoms with van der Waals surface area (Å²) in [5.41, 5.74) is 8.58. The van der Waals surface area contributed by atoms with Gasteiger partial charge in [-0.2, -0.15) is 0 Å². The summed E-state index contributed by atoms with van der Waals surface area (Å²) in [7, 11) is 0. The number of phenolic OH excluding ortho intramolecular Hbond substituents is 1. The molecule has 2 aliphatic heterocycles. The fourth-order valence-electron chi connectivity index (χ4n) is 8.24. The van der Waals surface area contributed by atoms with Gasteiger partial charge in [0.15, 0.2) is 35.9 Å². The first-order valence-corrected chi connectivity index (χ1v) is 21.2.